The molecule has 1 nitrogen and oxygen atoms in total. The third kappa shape index (κ3) is 3.58. The molecule has 1 aromatic heterocycles. The van der Waals surface area contributed by atoms with Crippen LogP contribution in [0.1, 0.15) is 0 Å². The van der Waals surface area contributed by atoms with Crippen LogP contribution in [0.3, 0.4) is 0 Å². The minimum Gasteiger partial charge on any atom is -0.742 e. The molecule has 0 aromatic carbocycles. The Morgan fingerprint density at radius 2 is 2.11 bits per heavy atom. The summed E-state index contributed by atoms with van der Waals surface area (Å²) in [4.78, 5) is 0. The fraction of sp³-hybridized carbons (Fsp3) is 0. The first-order valence-corrected chi connectivity index (χ1v) is 1.91. The molecule has 0 amide bonds. The molecule has 0 aliphatic rings. The fourth-order valence-corrected chi connectivity index (χ4v) is 0.365. The van der Waals surface area contributed by atoms with E-state index in [-0.39, 0.29) is 37.7 Å². The molecule has 9 heavy (non-hydrogen) atoms. The molecule has 0 bridgehead atoms. The zero-order chi connectivity index (χ0) is 5.11. The van der Waals surface area contributed by atoms with Crippen molar-refractivity contribution < 1.29 is 37.7 Å². The standard InChI is InChI=1S/C6H3N.2Li/c1-2-7-5-3-4-6-7;;/h3-5H;;/q-2;2*+1. The fourth-order valence-electron chi connectivity index (χ4n) is 0.365. The van der Waals surface area contributed by atoms with Crippen LogP contribution in [0.25, 0.3) is 0 Å². The molecular formula is C6H3Li2N. The van der Waals surface area contributed by atoms with Crippen molar-refractivity contribution in [3.05, 3.63) is 30.9 Å². The van der Waals surface area contributed by atoms with Crippen molar-refractivity contribution in [2.75, 3.05) is 0 Å². The third-order valence-electron chi connectivity index (χ3n) is 0.665. The molecule has 0 N–H and O–H groups in total. The molecule has 0 atom stereocenters. The summed E-state index contributed by atoms with van der Waals surface area (Å²) in [5.74, 6) is 0. The molecule has 0 aliphatic carbocycles. The Bertz CT molecular complexity index is 173. The summed E-state index contributed by atoms with van der Waals surface area (Å²) in [6, 6.07) is 5.64. The summed E-state index contributed by atoms with van der Waals surface area (Å²) in [5.41, 5.74) is 0. The molecule has 0 saturated carbocycles. The van der Waals surface area contributed by atoms with Crippen LogP contribution in [0.4, 0.5) is 0 Å². The van der Waals surface area contributed by atoms with E-state index >= 15 is 0 Å². The van der Waals surface area contributed by atoms with Crippen LogP contribution in [0.5, 0.6) is 0 Å². The minimum atomic E-state index is 0. The van der Waals surface area contributed by atoms with E-state index < -0.39 is 0 Å². The van der Waals surface area contributed by atoms with Gasteiger partial charge in [-0.25, -0.2) is 0 Å². The number of rotatable bonds is 0. The van der Waals surface area contributed by atoms with E-state index in [0.29, 0.717) is 0 Å². The largest absolute Gasteiger partial charge is 1.00 e. The van der Waals surface area contributed by atoms with Crippen molar-refractivity contribution >= 4 is 0 Å². The maximum atomic E-state index is 6.54. The number of nitrogens with zero attached hydrogens (tertiary/aromatic N) is 1. The number of aromatic nitrogens is 1. The van der Waals surface area contributed by atoms with Gasteiger partial charge < -0.3 is 17.0 Å². The normalized spacial score (nSPS) is 6.11. The van der Waals surface area contributed by atoms with E-state index in [1.165, 1.54) is 4.57 Å². The topological polar surface area (TPSA) is 4.93 Å². The summed E-state index contributed by atoms with van der Waals surface area (Å²) < 4.78 is 1.42. The minimum absolute atomic E-state index is 0. The van der Waals surface area contributed by atoms with Gasteiger partial charge >= 0.3 is 37.7 Å². The second-order valence-corrected chi connectivity index (χ2v) is 1.12. The van der Waals surface area contributed by atoms with E-state index in [9.17, 15) is 0 Å². The zero-order valence-corrected chi connectivity index (χ0v) is 5.68. The Hall–Kier alpha value is 0.0348. The average molecular weight is 103 g/mol. The number of hydrogen-bond donors (Lipinski definition) is 0. The smallest absolute Gasteiger partial charge is 0.742 e. The first kappa shape index (κ1) is 11.8. The molecule has 0 spiro atoms. The molecule has 0 unspecified atom stereocenters. The second kappa shape index (κ2) is 6.16. The Morgan fingerprint density at radius 1 is 1.44 bits per heavy atom. The van der Waals surface area contributed by atoms with Gasteiger partial charge in [-0.05, 0) is 0 Å². The second-order valence-electron chi connectivity index (χ2n) is 1.12. The molecule has 0 saturated heterocycles. The van der Waals surface area contributed by atoms with Crippen molar-refractivity contribution in [1.29, 1.82) is 0 Å². The Kier molecular flexibility index (Phi) is 8.07. The van der Waals surface area contributed by atoms with Crippen molar-refractivity contribution in [3.8, 4) is 6.04 Å². The summed E-state index contributed by atoms with van der Waals surface area (Å²) in [6.45, 7) is 0. The average Bonchev–Trinajstić information content (AvgIpc) is 2.14. The van der Waals surface area contributed by atoms with Crippen LogP contribution < -0.4 is 37.7 Å². The van der Waals surface area contributed by atoms with Gasteiger partial charge in [0.1, 0.15) is 0 Å². The van der Waals surface area contributed by atoms with E-state index in [1.807, 2.05) is 0 Å². The predicted molar refractivity (Wildman–Crippen MR) is 25.8 cm³/mol. The van der Waals surface area contributed by atoms with Gasteiger partial charge in [-0.2, -0.15) is 6.07 Å². The maximum absolute atomic E-state index is 6.54. The van der Waals surface area contributed by atoms with Gasteiger partial charge in [-0.3, -0.25) is 0 Å². The molecular weight excluding hydrogens is 100.0 g/mol. The van der Waals surface area contributed by atoms with E-state index in [1.54, 1.807) is 18.3 Å². The zero-order valence-electron chi connectivity index (χ0n) is 5.68. The van der Waals surface area contributed by atoms with E-state index in [0.717, 1.165) is 0 Å². The molecule has 1 heterocycles. The van der Waals surface area contributed by atoms with Gasteiger partial charge in [0, 0.05) is 0 Å². The Morgan fingerprint density at radius 3 is 2.33 bits per heavy atom. The van der Waals surface area contributed by atoms with Gasteiger partial charge in [0.25, 0.3) is 0 Å². The Labute approximate surface area is 79.2 Å². The first-order chi connectivity index (χ1) is 3.43. The van der Waals surface area contributed by atoms with Crippen LogP contribution in [-0.4, -0.2) is 4.57 Å². The molecule has 0 aliphatic heterocycles. The SMILES string of the molecule is [C-]#Cn1[c-]ccc1.[Li+].[Li+]. The van der Waals surface area contributed by atoms with Gasteiger partial charge in [-0.1, -0.05) is 6.20 Å². The van der Waals surface area contributed by atoms with Crippen LogP contribution in [0, 0.1) is 18.7 Å². The van der Waals surface area contributed by atoms with E-state index in [2.05, 4.69) is 12.2 Å². The molecule has 0 fully saturated rings. The third-order valence-corrected chi connectivity index (χ3v) is 0.665. The number of hydrogen-bond acceptors (Lipinski definition) is 0. The predicted octanol–water partition coefficient (Wildman–Crippen LogP) is -5.31. The van der Waals surface area contributed by atoms with Crippen LogP contribution in [0.2, 0.25) is 0 Å². The summed E-state index contributed by atoms with van der Waals surface area (Å²) in [7, 11) is 0. The summed E-state index contributed by atoms with van der Waals surface area (Å²) in [5, 5.41) is 0. The quantitative estimate of drug-likeness (QED) is 0.175. The van der Waals surface area contributed by atoms with Gasteiger partial charge in [0.05, 0.1) is 0 Å². The van der Waals surface area contributed by atoms with Gasteiger partial charge in [-0.15, -0.1) is 12.3 Å². The maximum Gasteiger partial charge on any atom is 1.00 e. The Balaban J connectivity index is 0. The first-order valence-electron chi connectivity index (χ1n) is 1.91. The molecule has 1 rings (SSSR count). The van der Waals surface area contributed by atoms with Crippen molar-refractivity contribution in [2.24, 2.45) is 0 Å². The molecule has 0 radical (unpaired) electrons. The van der Waals surface area contributed by atoms with Crippen LogP contribution in [-0.2, 0) is 0 Å². The van der Waals surface area contributed by atoms with Crippen molar-refractivity contribution in [2.45, 2.75) is 0 Å². The van der Waals surface area contributed by atoms with Crippen molar-refractivity contribution in [3.63, 3.8) is 0 Å². The van der Waals surface area contributed by atoms with E-state index in [4.69, 9.17) is 6.42 Å². The molecule has 3 heteroatoms. The monoisotopic (exact) mass is 103 g/mol. The molecule has 34 valence electrons. The summed E-state index contributed by atoms with van der Waals surface area (Å²) >= 11 is 0. The van der Waals surface area contributed by atoms with Gasteiger partial charge in [0.15, 0.2) is 0 Å². The van der Waals surface area contributed by atoms with Crippen molar-refractivity contribution in [1.82, 2.24) is 4.57 Å². The van der Waals surface area contributed by atoms with Crippen LogP contribution >= 0.6 is 0 Å². The van der Waals surface area contributed by atoms with Crippen LogP contribution in [0.15, 0.2) is 18.3 Å². The molecule has 1 aromatic rings. The summed E-state index contributed by atoms with van der Waals surface area (Å²) in [6.07, 6.45) is 10.9. The van der Waals surface area contributed by atoms with Gasteiger partial charge in [0.2, 0.25) is 0 Å².